The molecule has 0 aliphatic heterocycles. The quantitative estimate of drug-likeness (QED) is 0.857. The molecule has 94 valence electrons. The normalized spacial score (nSPS) is 11.5. The van der Waals surface area contributed by atoms with Crippen LogP contribution in [0.1, 0.15) is 24.2 Å². The molecule has 0 aliphatic carbocycles. The van der Waals surface area contributed by atoms with Crippen molar-refractivity contribution in [3.8, 4) is 0 Å². The van der Waals surface area contributed by atoms with E-state index in [0.717, 1.165) is 19.1 Å². The topological polar surface area (TPSA) is 63.2 Å². The molecule has 0 saturated carbocycles. The van der Waals surface area contributed by atoms with Gasteiger partial charge in [-0.05, 0) is 19.1 Å². The number of Topliss-reactive ketones (excluding diaryl/α,β-unsaturated/α-hetero) is 1. The van der Waals surface area contributed by atoms with Crippen LogP contribution in [-0.4, -0.2) is 20.7 Å². The predicted octanol–water partition coefficient (Wildman–Crippen LogP) is 1.98. The van der Waals surface area contributed by atoms with Gasteiger partial charge in [0.15, 0.2) is 5.78 Å². The molecule has 0 unspecified atom stereocenters. The minimum Gasteiger partial charge on any atom is -0.294 e. The second-order valence-corrected chi connectivity index (χ2v) is 5.46. The number of carbonyl (C=O) groups excluding carboxylic acids is 1. The molecule has 0 amide bonds. The Morgan fingerprint density at radius 1 is 1.47 bits per heavy atom. The van der Waals surface area contributed by atoms with E-state index in [9.17, 15) is 17.6 Å². The van der Waals surface area contributed by atoms with Crippen molar-refractivity contribution in [2.45, 2.75) is 18.7 Å². The number of sulfonamides is 1. The second kappa shape index (κ2) is 5.12. The summed E-state index contributed by atoms with van der Waals surface area (Å²) in [6.07, 6.45) is 0. The van der Waals surface area contributed by atoms with E-state index in [1.165, 1.54) is 0 Å². The van der Waals surface area contributed by atoms with Crippen LogP contribution in [0.3, 0.4) is 0 Å². The molecule has 7 heteroatoms. The summed E-state index contributed by atoms with van der Waals surface area (Å²) in [5.41, 5.74) is -0.300. The molecule has 4 nitrogen and oxygen atoms in total. The number of benzene rings is 1. The third-order valence-electron chi connectivity index (χ3n) is 2.02. The van der Waals surface area contributed by atoms with Crippen LogP contribution in [0.2, 0.25) is 5.02 Å². The second-order valence-electron chi connectivity index (χ2n) is 3.32. The van der Waals surface area contributed by atoms with Crippen molar-refractivity contribution in [1.29, 1.82) is 0 Å². The Hall–Kier alpha value is -0.980. The highest BCUT2D eigenvalue weighted by atomic mass is 35.5. The van der Waals surface area contributed by atoms with E-state index in [4.69, 9.17) is 11.6 Å². The standard InChI is InChI=1S/C10H11ClFNO3S/c1-3-13-17(15,16)10-4-7(6(2)14)9(12)5-8(10)11/h4-5,13H,3H2,1-2H3. The van der Waals surface area contributed by atoms with Gasteiger partial charge in [-0.2, -0.15) is 0 Å². The maximum Gasteiger partial charge on any atom is 0.242 e. The smallest absolute Gasteiger partial charge is 0.242 e. The molecular weight excluding hydrogens is 269 g/mol. The van der Waals surface area contributed by atoms with Crippen LogP contribution in [0, 0.1) is 5.82 Å². The predicted molar refractivity (Wildman–Crippen MR) is 62.3 cm³/mol. The lowest BCUT2D eigenvalue weighted by molar-refractivity contribution is 0.101. The number of halogens is 2. The SMILES string of the molecule is CCNS(=O)(=O)c1cc(C(C)=O)c(F)cc1Cl. The van der Waals surface area contributed by atoms with Gasteiger partial charge in [0.1, 0.15) is 10.7 Å². The van der Waals surface area contributed by atoms with Crippen LogP contribution in [0.4, 0.5) is 4.39 Å². The third kappa shape index (κ3) is 3.02. The first-order valence-corrected chi connectivity index (χ1v) is 6.65. The van der Waals surface area contributed by atoms with Gasteiger partial charge in [0.2, 0.25) is 10.0 Å². The van der Waals surface area contributed by atoms with Crippen LogP contribution in [0.5, 0.6) is 0 Å². The van der Waals surface area contributed by atoms with E-state index in [2.05, 4.69) is 4.72 Å². The maximum atomic E-state index is 13.3. The lowest BCUT2D eigenvalue weighted by atomic mass is 10.1. The first kappa shape index (κ1) is 14.1. The zero-order valence-electron chi connectivity index (χ0n) is 9.25. The van der Waals surface area contributed by atoms with Crippen molar-refractivity contribution in [3.63, 3.8) is 0 Å². The van der Waals surface area contributed by atoms with E-state index >= 15 is 0 Å². The van der Waals surface area contributed by atoms with Crippen LogP contribution in [0.15, 0.2) is 17.0 Å². The minimum atomic E-state index is -3.81. The molecule has 0 bridgehead atoms. The van der Waals surface area contributed by atoms with E-state index in [1.807, 2.05) is 0 Å². The van der Waals surface area contributed by atoms with Gasteiger partial charge < -0.3 is 0 Å². The fourth-order valence-corrected chi connectivity index (χ4v) is 2.85. The van der Waals surface area contributed by atoms with Gasteiger partial charge in [-0.25, -0.2) is 17.5 Å². The molecule has 0 atom stereocenters. The zero-order chi connectivity index (χ0) is 13.2. The molecule has 0 heterocycles. The first-order chi connectivity index (χ1) is 7.79. The van der Waals surface area contributed by atoms with Crippen LogP contribution in [0.25, 0.3) is 0 Å². The van der Waals surface area contributed by atoms with E-state index in [1.54, 1.807) is 6.92 Å². The average molecular weight is 280 g/mol. The largest absolute Gasteiger partial charge is 0.294 e. The number of ketones is 1. The van der Waals surface area contributed by atoms with Gasteiger partial charge in [0, 0.05) is 6.54 Å². The number of nitrogens with one attached hydrogen (secondary N) is 1. The summed E-state index contributed by atoms with van der Waals surface area (Å²) in [7, 11) is -3.81. The van der Waals surface area contributed by atoms with E-state index in [0.29, 0.717) is 0 Å². The molecule has 1 aromatic carbocycles. The van der Waals surface area contributed by atoms with Gasteiger partial charge in [0.25, 0.3) is 0 Å². The van der Waals surface area contributed by atoms with Crippen molar-refractivity contribution in [2.24, 2.45) is 0 Å². The molecule has 0 saturated heterocycles. The van der Waals surface area contributed by atoms with Gasteiger partial charge in [-0.15, -0.1) is 0 Å². The van der Waals surface area contributed by atoms with Crippen molar-refractivity contribution in [3.05, 3.63) is 28.5 Å². The molecule has 1 N–H and O–H groups in total. The van der Waals surface area contributed by atoms with E-state index < -0.39 is 21.6 Å². The maximum absolute atomic E-state index is 13.3. The zero-order valence-corrected chi connectivity index (χ0v) is 10.8. The van der Waals surface area contributed by atoms with Crippen molar-refractivity contribution < 1.29 is 17.6 Å². The molecule has 1 rings (SSSR count). The molecule has 1 aromatic rings. The van der Waals surface area contributed by atoms with E-state index in [-0.39, 0.29) is 22.0 Å². The minimum absolute atomic E-state index is 0.172. The fourth-order valence-electron chi connectivity index (χ4n) is 1.27. The Morgan fingerprint density at radius 2 is 2.06 bits per heavy atom. The molecule has 0 fully saturated rings. The number of rotatable bonds is 4. The van der Waals surface area contributed by atoms with Crippen molar-refractivity contribution in [2.75, 3.05) is 6.54 Å². The summed E-state index contributed by atoms with van der Waals surface area (Å²) in [6.45, 7) is 2.92. The Labute approximate surface area is 104 Å². The lowest BCUT2D eigenvalue weighted by Gasteiger charge is -2.08. The van der Waals surface area contributed by atoms with Gasteiger partial charge in [0.05, 0.1) is 10.6 Å². The van der Waals surface area contributed by atoms with Crippen molar-refractivity contribution in [1.82, 2.24) is 4.72 Å². The molecule has 0 radical (unpaired) electrons. The number of hydrogen-bond acceptors (Lipinski definition) is 3. The highest BCUT2D eigenvalue weighted by Gasteiger charge is 2.21. The molecule has 0 aliphatic rings. The third-order valence-corrected chi connectivity index (χ3v) is 4.04. The summed E-state index contributed by atoms with van der Waals surface area (Å²) in [5.74, 6) is -1.40. The summed E-state index contributed by atoms with van der Waals surface area (Å²) in [4.78, 5) is 10.8. The Bertz CT molecular complexity index is 557. The molecule has 0 aromatic heterocycles. The molecule has 0 spiro atoms. The number of carbonyl (C=O) groups is 1. The van der Waals surface area contributed by atoms with Gasteiger partial charge in [-0.3, -0.25) is 4.79 Å². The Balaban J connectivity index is 3.45. The first-order valence-electron chi connectivity index (χ1n) is 4.79. The van der Waals surface area contributed by atoms with Crippen LogP contribution >= 0.6 is 11.6 Å². The Kier molecular flexibility index (Phi) is 4.24. The highest BCUT2D eigenvalue weighted by molar-refractivity contribution is 7.89. The molecular formula is C10H11ClFNO3S. The van der Waals surface area contributed by atoms with Crippen LogP contribution in [-0.2, 0) is 10.0 Å². The van der Waals surface area contributed by atoms with Crippen LogP contribution < -0.4 is 4.72 Å². The summed E-state index contributed by atoms with van der Waals surface area (Å²) >= 11 is 5.66. The summed E-state index contributed by atoms with van der Waals surface area (Å²) in [6, 6.07) is 1.76. The lowest BCUT2D eigenvalue weighted by Crippen LogP contribution is -2.24. The monoisotopic (exact) mass is 279 g/mol. The Morgan fingerprint density at radius 3 is 2.53 bits per heavy atom. The average Bonchev–Trinajstić information content (AvgIpc) is 2.15. The summed E-state index contributed by atoms with van der Waals surface area (Å²) < 4.78 is 39.0. The number of hydrogen-bond donors (Lipinski definition) is 1. The van der Waals surface area contributed by atoms with Gasteiger partial charge in [-0.1, -0.05) is 18.5 Å². The van der Waals surface area contributed by atoms with Crippen molar-refractivity contribution >= 4 is 27.4 Å². The summed E-state index contributed by atoms with van der Waals surface area (Å²) in [5, 5.41) is -0.256. The highest BCUT2D eigenvalue weighted by Crippen LogP contribution is 2.25. The molecule has 17 heavy (non-hydrogen) atoms. The fraction of sp³-hybridized carbons (Fsp3) is 0.300. The van der Waals surface area contributed by atoms with Gasteiger partial charge >= 0.3 is 0 Å².